The van der Waals surface area contributed by atoms with Gasteiger partial charge >= 0.3 is 0 Å². The van der Waals surface area contributed by atoms with E-state index < -0.39 is 0 Å². The van der Waals surface area contributed by atoms with Gasteiger partial charge in [-0.1, -0.05) is 0 Å². The van der Waals surface area contributed by atoms with Crippen molar-refractivity contribution in [2.75, 3.05) is 0 Å². The highest BCUT2D eigenvalue weighted by Crippen LogP contribution is 2.41. The van der Waals surface area contributed by atoms with Gasteiger partial charge in [-0.05, 0) is 25.7 Å². The lowest BCUT2D eigenvalue weighted by molar-refractivity contribution is 0.0913. The van der Waals surface area contributed by atoms with Crippen molar-refractivity contribution >= 4 is 11.8 Å². The number of thioether (sulfide) groups is 1. The molecule has 3 heteroatoms. The monoisotopic (exact) mass is 176 g/mol. The summed E-state index contributed by atoms with van der Waals surface area (Å²) in [4.78, 5) is 0. The van der Waals surface area contributed by atoms with Crippen molar-refractivity contribution in [3.8, 4) is 0 Å². The van der Waals surface area contributed by atoms with Crippen molar-refractivity contribution in [2.45, 2.75) is 48.4 Å². The van der Waals surface area contributed by atoms with Gasteiger partial charge in [0.1, 0.15) is 0 Å². The molecule has 0 aromatic heterocycles. The molecule has 0 amide bonds. The zero-order valence-corrected chi connectivity index (χ0v) is 7.18. The van der Waals surface area contributed by atoms with E-state index in [4.69, 9.17) is 2.86 Å². The van der Waals surface area contributed by atoms with Crippen LogP contribution in [0.2, 0.25) is 0 Å². The first kappa shape index (κ1) is 5.84. The number of fused-ring (bicyclic) bond motifs is 2. The molecule has 0 saturated carbocycles. The minimum absolute atomic E-state index is 0.105. The highest BCUT2D eigenvalue weighted by molar-refractivity contribution is 8.00. The number of hydrogen-bond donors (Lipinski definition) is 2. The van der Waals surface area contributed by atoms with Crippen LogP contribution in [0.25, 0.3) is 0 Å². The molecule has 0 aromatic rings. The molecule has 2 aliphatic heterocycles. The van der Waals surface area contributed by atoms with E-state index in [0.717, 1.165) is 25.7 Å². The minimum Gasteiger partial charge on any atom is -0.392 e. The summed E-state index contributed by atoms with van der Waals surface area (Å²) in [5.74, 6) is 0. The maximum Gasteiger partial charge on any atom is 0.211 e. The summed E-state index contributed by atoms with van der Waals surface area (Å²) in [5, 5.41) is 10.3. The lowest BCUT2D eigenvalue weighted by atomic mass is 9.95. The number of aliphatic hydroxyl groups excluding tert-OH is 2. The van der Waals surface area contributed by atoms with Crippen molar-refractivity contribution in [3.05, 3.63) is 0 Å². The first-order valence-corrected chi connectivity index (χ1v) is 5.19. The van der Waals surface area contributed by atoms with Gasteiger partial charge in [0.25, 0.3) is 0 Å². The van der Waals surface area contributed by atoms with E-state index in [1.807, 2.05) is 11.8 Å². The van der Waals surface area contributed by atoms with Crippen molar-refractivity contribution in [1.29, 1.82) is 2.86 Å². The van der Waals surface area contributed by atoms with Crippen LogP contribution in [0.3, 0.4) is 0 Å². The van der Waals surface area contributed by atoms with Crippen molar-refractivity contribution in [3.63, 3.8) is 0 Å². The molecular weight excluding hydrogens is 160 g/mol. The van der Waals surface area contributed by atoms with Gasteiger partial charge < -0.3 is 10.2 Å². The second-order valence-electron chi connectivity index (χ2n) is 3.44. The van der Waals surface area contributed by atoms with Crippen LogP contribution in [-0.2, 0) is 0 Å². The summed E-state index contributed by atoms with van der Waals surface area (Å²) in [5.41, 5.74) is 0. The fraction of sp³-hybridized carbons (Fsp3) is 1.00. The summed E-state index contributed by atoms with van der Waals surface area (Å²) in [7, 11) is 0. The topological polar surface area (TPSA) is 40.5 Å². The largest absolute Gasteiger partial charge is 0.392 e. The van der Waals surface area contributed by atoms with E-state index in [2.05, 4.69) is 10.2 Å². The molecule has 2 nitrogen and oxygen atoms in total. The van der Waals surface area contributed by atoms with Gasteiger partial charge in [-0.3, -0.25) is 0 Å². The molecule has 4 atom stereocenters. The highest BCUT2D eigenvalue weighted by atomic mass is 32.2. The predicted molar refractivity (Wildman–Crippen MR) is 45.6 cm³/mol. The van der Waals surface area contributed by atoms with E-state index in [9.17, 15) is 0 Å². The molecule has 4 unspecified atom stereocenters. The summed E-state index contributed by atoms with van der Waals surface area (Å²) in [6.07, 6.45) is 4.15. The van der Waals surface area contributed by atoms with Gasteiger partial charge in [0.2, 0.25) is 2.86 Å². The Morgan fingerprint density at radius 3 is 2.00 bits per heavy atom. The number of aliphatic hydroxyl groups is 2. The zero-order valence-electron chi connectivity index (χ0n) is 8.36. The fourth-order valence-electron chi connectivity index (χ4n) is 1.94. The maximum atomic E-state index is 6.93. The normalized spacial score (nSPS) is 53.1. The van der Waals surface area contributed by atoms with Crippen LogP contribution >= 0.6 is 11.8 Å². The molecule has 11 heavy (non-hydrogen) atoms. The van der Waals surface area contributed by atoms with Crippen LogP contribution in [0.1, 0.15) is 25.7 Å². The molecule has 64 valence electrons. The quantitative estimate of drug-likeness (QED) is 0.653. The lowest BCUT2D eigenvalue weighted by Crippen LogP contribution is -2.41. The first-order chi connectivity index (χ1) is 6.35. The van der Waals surface area contributed by atoms with Crippen molar-refractivity contribution in [2.24, 2.45) is 0 Å². The Labute approximate surface area is 74.0 Å². The smallest absolute Gasteiger partial charge is 0.211 e. The van der Waals surface area contributed by atoms with Gasteiger partial charge in [0, 0.05) is 10.5 Å². The summed E-state index contributed by atoms with van der Waals surface area (Å²) < 4.78 is 13.9. The number of hydrogen-bond acceptors (Lipinski definition) is 3. The summed E-state index contributed by atoms with van der Waals surface area (Å²) in [6.45, 7) is 0. The lowest BCUT2D eigenvalue weighted by Gasteiger charge is -2.40. The molecule has 2 aliphatic rings. The fourth-order valence-corrected chi connectivity index (χ4v) is 3.55. The van der Waals surface area contributed by atoms with Gasteiger partial charge in [-0.15, -0.1) is 11.8 Å². The standard InChI is InChI=1S/C8H14O2S/c9-5-1-3-7-6(10)2-4-8(5)11-7/h5-10H,1-4H2/i9D,10D. The molecule has 0 spiro atoms. The molecule has 2 fully saturated rings. The first-order valence-electron chi connectivity index (χ1n) is 5.06. The van der Waals surface area contributed by atoms with E-state index in [1.54, 1.807) is 0 Å². The van der Waals surface area contributed by atoms with Crippen LogP contribution in [0.15, 0.2) is 0 Å². The second kappa shape index (κ2) is 2.96. The van der Waals surface area contributed by atoms with Gasteiger partial charge in [0.05, 0.1) is 12.2 Å². The average Bonchev–Trinajstić information content (AvgIpc) is 2.19. The van der Waals surface area contributed by atoms with Gasteiger partial charge in [-0.2, -0.15) is 0 Å². The molecule has 2 saturated heterocycles. The van der Waals surface area contributed by atoms with Gasteiger partial charge in [0.15, 0.2) is 0 Å². The Kier molecular flexibility index (Phi) is 1.57. The van der Waals surface area contributed by atoms with E-state index in [0.29, 0.717) is 10.5 Å². The Bertz CT molecular complexity index is 164. The molecule has 2 heterocycles. The van der Waals surface area contributed by atoms with Crippen LogP contribution < -0.4 is 0 Å². The summed E-state index contributed by atoms with van der Waals surface area (Å²) >= 11 is 1.85. The van der Waals surface area contributed by atoms with E-state index in [1.165, 1.54) is 0 Å². The Balaban J connectivity index is 1.96. The third-order valence-corrected chi connectivity index (χ3v) is 4.43. The average molecular weight is 176 g/mol. The maximum absolute atomic E-state index is 6.93. The Hall–Kier alpha value is 0.270. The van der Waals surface area contributed by atoms with Gasteiger partial charge in [-0.25, -0.2) is 0 Å². The van der Waals surface area contributed by atoms with E-state index >= 15 is 0 Å². The molecular formula is C8H14O2S. The predicted octanol–water partition coefficient (Wildman–Crippen LogP) is 0.766. The van der Waals surface area contributed by atoms with Crippen LogP contribution in [0, 0.1) is 0 Å². The van der Waals surface area contributed by atoms with E-state index in [-0.39, 0.29) is 12.2 Å². The molecule has 2 rings (SSSR count). The SMILES string of the molecule is [2H]OC1CCC2SC1CCC2O[2H]. The Morgan fingerprint density at radius 1 is 1.00 bits per heavy atom. The highest BCUT2D eigenvalue weighted by Gasteiger charge is 2.37. The molecule has 0 radical (unpaired) electrons. The molecule has 0 aromatic carbocycles. The zero-order chi connectivity index (χ0) is 9.26. The molecule has 0 aliphatic carbocycles. The number of rotatable bonds is 2. The van der Waals surface area contributed by atoms with Crippen LogP contribution in [-0.4, -0.2) is 35.8 Å². The van der Waals surface area contributed by atoms with Crippen LogP contribution in [0.5, 0.6) is 0 Å². The third kappa shape index (κ3) is 1.42. The molecule has 2 N–H and O–H groups in total. The van der Waals surface area contributed by atoms with Crippen molar-refractivity contribution < 1.29 is 10.2 Å². The Morgan fingerprint density at radius 2 is 1.55 bits per heavy atom. The molecule has 2 bridgehead atoms. The summed E-state index contributed by atoms with van der Waals surface area (Å²) in [6, 6.07) is 0. The van der Waals surface area contributed by atoms with Crippen LogP contribution in [0.4, 0.5) is 0 Å². The third-order valence-electron chi connectivity index (χ3n) is 2.65. The van der Waals surface area contributed by atoms with Crippen molar-refractivity contribution in [1.82, 2.24) is 0 Å². The minimum atomic E-state index is 0.105. The second-order valence-corrected chi connectivity index (χ2v) is 4.93.